The van der Waals surface area contributed by atoms with Crippen molar-refractivity contribution in [1.82, 2.24) is 0 Å². The number of carboxylic acids is 1. The average Bonchev–Trinajstić information content (AvgIpc) is 2.61. The molecule has 0 saturated carbocycles. The van der Waals surface area contributed by atoms with E-state index in [1.54, 1.807) is 25.3 Å². The zero-order chi connectivity index (χ0) is 18.4. The number of aryl methyl sites for hydroxylation is 1. The molecule has 0 unspecified atom stereocenters. The molecule has 0 radical (unpaired) electrons. The van der Waals surface area contributed by atoms with Crippen molar-refractivity contribution < 1.29 is 14.6 Å². The van der Waals surface area contributed by atoms with Gasteiger partial charge in [-0.25, -0.2) is 4.79 Å². The molecule has 0 spiro atoms. The first-order chi connectivity index (χ1) is 12.0. The van der Waals surface area contributed by atoms with Crippen LogP contribution < -0.4 is 9.64 Å². The third-order valence-electron chi connectivity index (χ3n) is 4.27. The molecule has 0 amide bonds. The molecule has 4 heteroatoms. The SMILES string of the molecule is CCN(CC)c1ccc(/C=C(\C(=O)O)c2ccc(OC)c(C)c2)cc1. The minimum absolute atomic E-state index is 0.265. The first kappa shape index (κ1) is 18.6. The largest absolute Gasteiger partial charge is 0.496 e. The monoisotopic (exact) mass is 339 g/mol. The van der Waals surface area contributed by atoms with Gasteiger partial charge in [0.05, 0.1) is 12.7 Å². The van der Waals surface area contributed by atoms with Gasteiger partial charge in [0, 0.05) is 18.8 Å². The zero-order valence-corrected chi connectivity index (χ0v) is 15.2. The number of ether oxygens (including phenoxy) is 1. The molecule has 0 atom stereocenters. The molecule has 25 heavy (non-hydrogen) atoms. The Morgan fingerprint density at radius 2 is 1.76 bits per heavy atom. The molecule has 2 aromatic rings. The van der Waals surface area contributed by atoms with Gasteiger partial charge in [0.25, 0.3) is 0 Å². The maximum absolute atomic E-state index is 11.7. The fraction of sp³-hybridized carbons (Fsp3) is 0.286. The third-order valence-corrected chi connectivity index (χ3v) is 4.27. The molecule has 0 fully saturated rings. The molecular weight excluding hydrogens is 314 g/mol. The summed E-state index contributed by atoms with van der Waals surface area (Å²) in [5.74, 6) is -0.200. The van der Waals surface area contributed by atoms with Gasteiger partial charge in [-0.15, -0.1) is 0 Å². The molecule has 132 valence electrons. The van der Waals surface area contributed by atoms with Crippen molar-refractivity contribution >= 4 is 23.3 Å². The van der Waals surface area contributed by atoms with E-state index in [9.17, 15) is 9.90 Å². The number of methoxy groups -OCH3 is 1. The Morgan fingerprint density at radius 3 is 2.24 bits per heavy atom. The first-order valence-corrected chi connectivity index (χ1v) is 8.45. The van der Waals surface area contributed by atoms with E-state index >= 15 is 0 Å². The summed E-state index contributed by atoms with van der Waals surface area (Å²) in [6.07, 6.45) is 1.70. The number of hydrogen-bond acceptors (Lipinski definition) is 3. The second kappa shape index (κ2) is 8.38. The van der Waals surface area contributed by atoms with E-state index in [2.05, 4.69) is 18.7 Å². The van der Waals surface area contributed by atoms with Crippen molar-refractivity contribution in [1.29, 1.82) is 0 Å². The van der Waals surface area contributed by atoms with Crippen LogP contribution in [0, 0.1) is 6.92 Å². The number of carboxylic acid groups (broad SMARTS) is 1. The number of aliphatic carboxylic acids is 1. The Balaban J connectivity index is 2.37. The van der Waals surface area contributed by atoms with Crippen molar-refractivity contribution in [3.05, 3.63) is 59.2 Å². The Labute approximate surface area is 149 Å². The van der Waals surface area contributed by atoms with Crippen molar-refractivity contribution in [2.24, 2.45) is 0 Å². The minimum Gasteiger partial charge on any atom is -0.496 e. The van der Waals surface area contributed by atoms with Gasteiger partial charge in [0.15, 0.2) is 0 Å². The Hall–Kier alpha value is -2.75. The zero-order valence-electron chi connectivity index (χ0n) is 15.2. The summed E-state index contributed by atoms with van der Waals surface area (Å²) in [7, 11) is 1.60. The van der Waals surface area contributed by atoms with E-state index < -0.39 is 5.97 Å². The van der Waals surface area contributed by atoms with E-state index in [0.717, 1.165) is 35.7 Å². The van der Waals surface area contributed by atoms with Gasteiger partial charge in [0.1, 0.15) is 5.75 Å². The van der Waals surface area contributed by atoms with Gasteiger partial charge >= 0.3 is 5.97 Å². The number of rotatable bonds is 7. The fourth-order valence-electron chi connectivity index (χ4n) is 2.85. The van der Waals surface area contributed by atoms with Gasteiger partial charge in [0.2, 0.25) is 0 Å². The van der Waals surface area contributed by atoms with Crippen molar-refractivity contribution in [2.75, 3.05) is 25.1 Å². The smallest absolute Gasteiger partial charge is 0.336 e. The molecule has 1 N–H and O–H groups in total. The van der Waals surface area contributed by atoms with E-state index in [-0.39, 0.29) is 5.57 Å². The van der Waals surface area contributed by atoms with Crippen LogP contribution in [0.25, 0.3) is 11.6 Å². The molecule has 4 nitrogen and oxygen atoms in total. The highest BCUT2D eigenvalue weighted by molar-refractivity contribution is 6.20. The van der Waals surface area contributed by atoms with E-state index in [4.69, 9.17) is 4.74 Å². The Kier molecular flexibility index (Phi) is 6.23. The van der Waals surface area contributed by atoms with E-state index in [0.29, 0.717) is 5.56 Å². The lowest BCUT2D eigenvalue weighted by Gasteiger charge is -2.20. The molecule has 0 bridgehead atoms. The molecule has 0 aliphatic carbocycles. The lowest BCUT2D eigenvalue weighted by atomic mass is 10.0. The molecule has 0 aliphatic heterocycles. The summed E-state index contributed by atoms with van der Waals surface area (Å²) in [5.41, 5.74) is 3.84. The van der Waals surface area contributed by atoms with Gasteiger partial charge in [-0.05, 0) is 67.8 Å². The molecular formula is C21H25NO3. The minimum atomic E-state index is -0.947. The summed E-state index contributed by atoms with van der Waals surface area (Å²) < 4.78 is 5.24. The number of benzene rings is 2. The van der Waals surface area contributed by atoms with E-state index in [1.165, 1.54) is 0 Å². The second-order valence-electron chi connectivity index (χ2n) is 5.81. The van der Waals surface area contributed by atoms with Crippen LogP contribution in [0.1, 0.15) is 30.5 Å². The highest BCUT2D eigenvalue weighted by Crippen LogP contribution is 2.25. The summed E-state index contributed by atoms with van der Waals surface area (Å²) in [6.45, 7) is 8.02. The maximum atomic E-state index is 11.7. The summed E-state index contributed by atoms with van der Waals surface area (Å²) >= 11 is 0. The van der Waals surface area contributed by atoms with Crippen LogP contribution >= 0.6 is 0 Å². The van der Waals surface area contributed by atoms with Crippen LogP contribution in [0.15, 0.2) is 42.5 Å². The maximum Gasteiger partial charge on any atom is 0.336 e. The second-order valence-corrected chi connectivity index (χ2v) is 5.81. The highest BCUT2D eigenvalue weighted by Gasteiger charge is 2.12. The predicted molar refractivity (Wildman–Crippen MR) is 103 cm³/mol. The normalized spacial score (nSPS) is 11.3. The van der Waals surface area contributed by atoms with Crippen LogP contribution in [0.2, 0.25) is 0 Å². The molecule has 0 aliphatic rings. The topological polar surface area (TPSA) is 49.8 Å². The van der Waals surface area contributed by atoms with Crippen LogP contribution in [0.4, 0.5) is 5.69 Å². The molecule has 0 saturated heterocycles. The standard InChI is InChI=1S/C21H25NO3/c1-5-22(6-2)18-10-7-16(8-11-18)14-19(21(23)24)17-9-12-20(25-4)15(3)13-17/h7-14H,5-6H2,1-4H3,(H,23,24)/b19-14-. The molecule has 0 aromatic heterocycles. The summed E-state index contributed by atoms with van der Waals surface area (Å²) in [4.78, 5) is 14.0. The number of nitrogens with zero attached hydrogens (tertiary/aromatic N) is 1. The van der Waals surface area contributed by atoms with Gasteiger partial charge in [-0.1, -0.05) is 18.2 Å². The van der Waals surface area contributed by atoms with Crippen LogP contribution in [-0.4, -0.2) is 31.3 Å². The van der Waals surface area contributed by atoms with Crippen LogP contribution in [0.3, 0.4) is 0 Å². The molecule has 2 aromatic carbocycles. The number of carbonyl (C=O) groups is 1. The Morgan fingerprint density at radius 1 is 1.12 bits per heavy atom. The van der Waals surface area contributed by atoms with Crippen LogP contribution in [0.5, 0.6) is 5.75 Å². The van der Waals surface area contributed by atoms with E-state index in [1.807, 2.05) is 37.3 Å². The Bertz CT molecular complexity index is 759. The van der Waals surface area contributed by atoms with Crippen molar-refractivity contribution in [2.45, 2.75) is 20.8 Å². The lowest BCUT2D eigenvalue weighted by molar-refractivity contribution is -0.130. The number of anilines is 1. The summed E-state index contributed by atoms with van der Waals surface area (Å²) in [5, 5.41) is 9.62. The van der Waals surface area contributed by atoms with Crippen molar-refractivity contribution in [3.63, 3.8) is 0 Å². The third kappa shape index (κ3) is 4.41. The van der Waals surface area contributed by atoms with Gasteiger partial charge in [-0.2, -0.15) is 0 Å². The fourth-order valence-corrected chi connectivity index (χ4v) is 2.85. The molecule has 2 rings (SSSR count). The quantitative estimate of drug-likeness (QED) is 0.597. The average molecular weight is 339 g/mol. The first-order valence-electron chi connectivity index (χ1n) is 8.45. The summed E-state index contributed by atoms with van der Waals surface area (Å²) in [6, 6.07) is 13.4. The lowest BCUT2D eigenvalue weighted by Crippen LogP contribution is -2.21. The van der Waals surface area contributed by atoms with Crippen LogP contribution in [-0.2, 0) is 4.79 Å². The number of hydrogen-bond donors (Lipinski definition) is 1. The molecule has 0 heterocycles. The predicted octanol–water partition coefficient (Wildman–Crippen LogP) is 4.48. The van der Waals surface area contributed by atoms with Gasteiger partial charge < -0.3 is 14.7 Å². The van der Waals surface area contributed by atoms with Gasteiger partial charge in [-0.3, -0.25) is 0 Å². The highest BCUT2D eigenvalue weighted by atomic mass is 16.5. The van der Waals surface area contributed by atoms with Crippen molar-refractivity contribution in [3.8, 4) is 5.75 Å².